The van der Waals surface area contributed by atoms with Gasteiger partial charge in [0.15, 0.2) is 5.78 Å². The number of nitrogens with zero attached hydrogens (tertiary/aromatic N) is 2. The van der Waals surface area contributed by atoms with Crippen molar-refractivity contribution in [3.05, 3.63) is 36.2 Å². The third kappa shape index (κ3) is 1.75. The van der Waals surface area contributed by atoms with Crippen LogP contribution in [-0.4, -0.2) is 15.4 Å². The Morgan fingerprint density at radius 2 is 2.40 bits per heavy atom. The summed E-state index contributed by atoms with van der Waals surface area (Å²) in [6.45, 7) is 1.73. The number of carbonyl (C=O) groups excluding carboxylic acids is 1. The molecular formula is C12H10N2O. The molecule has 0 aliphatic carbocycles. The van der Waals surface area contributed by atoms with Gasteiger partial charge in [-0.25, -0.2) is 4.52 Å². The van der Waals surface area contributed by atoms with Crippen molar-refractivity contribution in [1.82, 2.24) is 9.61 Å². The first-order valence-electron chi connectivity index (χ1n) is 4.68. The van der Waals surface area contributed by atoms with Crippen LogP contribution in [0.15, 0.2) is 30.6 Å². The number of carbonyl (C=O) groups is 1. The first-order chi connectivity index (χ1) is 7.33. The molecule has 0 bridgehead atoms. The van der Waals surface area contributed by atoms with E-state index in [1.54, 1.807) is 17.6 Å². The van der Waals surface area contributed by atoms with Crippen LogP contribution in [0, 0.1) is 11.8 Å². The minimum absolute atomic E-state index is 0.0190. The number of hydrogen-bond donors (Lipinski definition) is 0. The van der Waals surface area contributed by atoms with Crippen molar-refractivity contribution >= 4 is 11.3 Å². The minimum atomic E-state index is 0.0190. The average molecular weight is 198 g/mol. The summed E-state index contributed by atoms with van der Waals surface area (Å²) in [5, 5.41) is 4.10. The normalized spacial score (nSPS) is 9.67. The minimum Gasteiger partial charge on any atom is -0.293 e. The van der Waals surface area contributed by atoms with E-state index in [1.807, 2.05) is 24.4 Å². The number of fused-ring (bicyclic) bond motifs is 1. The van der Waals surface area contributed by atoms with E-state index in [1.165, 1.54) is 0 Å². The van der Waals surface area contributed by atoms with Crippen molar-refractivity contribution in [3.63, 3.8) is 0 Å². The summed E-state index contributed by atoms with van der Waals surface area (Å²) < 4.78 is 1.69. The van der Waals surface area contributed by atoms with E-state index in [-0.39, 0.29) is 12.2 Å². The first kappa shape index (κ1) is 9.47. The van der Waals surface area contributed by atoms with Crippen LogP contribution in [-0.2, 0) is 0 Å². The molecule has 0 aliphatic heterocycles. The van der Waals surface area contributed by atoms with E-state index < -0.39 is 0 Å². The van der Waals surface area contributed by atoms with Gasteiger partial charge in [-0.15, -0.1) is 5.92 Å². The fourth-order valence-electron chi connectivity index (χ4n) is 1.41. The number of ketones is 1. The van der Waals surface area contributed by atoms with Crippen molar-refractivity contribution in [2.45, 2.75) is 13.3 Å². The quantitative estimate of drug-likeness (QED) is 0.546. The van der Waals surface area contributed by atoms with Gasteiger partial charge in [-0.05, 0) is 19.1 Å². The van der Waals surface area contributed by atoms with Crippen molar-refractivity contribution in [2.24, 2.45) is 0 Å². The summed E-state index contributed by atoms with van der Waals surface area (Å²) >= 11 is 0. The van der Waals surface area contributed by atoms with Gasteiger partial charge in [-0.2, -0.15) is 5.10 Å². The van der Waals surface area contributed by atoms with Gasteiger partial charge in [0.25, 0.3) is 0 Å². The smallest absolute Gasteiger partial charge is 0.178 e. The van der Waals surface area contributed by atoms with Gasteiger partial charge in [0.1, 0.15) is 0 Å². The molecule has 2 aromatic heterocycles. The van der Waals surface area contributed by atoms with Crippen LogP contribution < -0.4 is 0 Å². The van der Waals surface area contributed by atoms with Gasteiger partial charge in [0.05, 0.1) is 23.7 Å². The molecule has 0 radical (unpaired) electrons. The summed E-state index contributed by atoms with van der Waals surface area (Å²) in [7, 11) is 0. The van der Waals surface area contributed by atoms with Crippen molar-refractivity contribution in [1.29, 1.82) is 0 Å². The van der Waals surface area contributed by atoms with Crippen molar-refractivity contribution in [2.75, 3.05) is 0 Å². The molecule has 0 atom stereocenters. The van der Waals surface area contributed by atoms with Gasteiger partial charge in [-0.1, -0.05) is 12.0 Å². The van der Waals surface area contributed by atoms with Crippen LogP contribution in [0.1, 0.15) is 23.7 Å². The second-order valence-electron chi connectivity index (χ2n) is 3.12. The highest BCUT2D eigenvalue weighted by Crippen LogP contribution is 2.11. The maximum Gasteiger partial charge on any atom is 0.178 e. The SMILES string of the molecule is CC#CCC(=O)c1cnn2ccccc12. The Morgan fingerprint density at radius 3 is 3.20 bits per heavy atom. The molecule has 0 aliphatic rings. The number of aromatic nitrogens is 2. The van der Waals surface area contributed by atoms with Gasteiger partial charge in [0.2, 0.25) is 0 Å². The number of pyridine rings is 1. The van der Waals surface area contributed by atoms with E-state index >= 15 is 0 Å². The van der Waals surface area contributed by atoms with Crippen LogP contribution in [0.4, 0.5) is 0 Å². The molecule has 15 heavy (non-hydrogen) atoms. The molecule has 0 aromatic carbocycles. The predicted molar refractivity (Wildman–Crippen MR) is 57.6 cm³/mol. The third-order valence-corrected chi connectivity index (χ3v) is 2.15. The standard InChI is InChI=1S/C12H10N2O/c1-2-3-7-12(15)10-9-13-14-8-5-4-6-11(10)14/h4-6,8-9H,7H2,1H3. The molecule has 0 spiro atoms. The Labute approximate surface area is 87.7 Å². The average Bonchev–Trinajstić information content (AvgIpc) is 2.69. The lowest BCUT2D eigenvalue weighted by Gasteiger charge is -1.94. The molecule has 0 N–H and O–H groups in total. The maximum atomic E-state index is 11.7. The van der Waals surface area contributed by atoms with Crippen LogP contribution in [0.25, 0.3) is 5.52 Å². The molecule has 0 saturated heterocycles. The predicted octanol–water partition coefficient (Wildman–Crippen LogP) is 1.93. The van der Waals surface area contributed by atoms with Gasteiger partial charge in [0, 0.05) is 6.20 Å². The summed E-state index contributed by atoms with van der Waals surface area (Å²) in [6.07, 6.45) is 3.67. The molecule has 0 amide bonds. The molecule has 74 valence electrons. The highest BCUT2D eigenvalue weighted by atomic mass is 16.1. The zero-order chi connectivity index (χ0) is 10.7. The molecule has 2 heterocycles. The van der Waals surface area contributed by atoms with Crippen LogP contribution in [0.2, 0.25) is 0 Å². The van der Waals surface area contributed by atoms with E-state index in [4.69, 9.17) is 0 Å². The topological polar surface area (TPSA) is 34.4 Å². The van der Waals surface area contributed by atoms with Gasteiger partial charge >= 0.3 is 0 Å². The fraction of sp³-hybridized carbons (Fsp3) is 0.167. The molecular weight excluding hydrogens is 188 g/mol. The first-order valence-corrected chi connectivity index (χ1v) is 4.68. The summed E-state index contributed by atoms with van der Waals surface area (Å²) in [5.74, 6) is 5.49. The largest absolute Gasteiger partial charge is 0.293 e. The Morgan fingerprint density at radius 1 is 1.53 bits per heavy atom. The van der Waals surface area contributed by atoms with Gasteiger partial charge in [-0.3, -0.25) is 4.79 Å². The van der Waals surface area contributed by atoms with E-state index in [2.05, 4.69) is 16.9 Å². The van der Waals surface area contributed by atoms with Crippen molar-refractivity contribution < 1.29 is 4.79 Å². The highest BCUT2D eigenvalue weighted by Gasteiger charge is 2.10. The lowest BCUT2D eigenvalue weighted by molar-refractivity contribution is 0.0999. The zero-order valence-corrected chi connectivity index (χ0v) is 8.40. The molecule has 2 rings (SSSR count). The molecule has 2 aromatic rings. The maximum absolute atomic E-state index is 11.7. The van der Waals surface area contributed by atoms with Crippen LogP contribution in [0.5, 0.6) is 0 Å². The Balaban J connectivity index is 2.42. The summed E-state index contributed by atoms with van der Waals surface area (Å²) in [5.41, 5.74) is 1.47. The number of rotatable bonds is 2. The van der Waals surface area contributed by atoms with Crippen LogP contribution >= 0.6 is 0 Å². The van der Waals surface area contributed by atoms with E-state index in [0.717, 1.165) is 5.52 Å². The summed E-state index contributed by atoms with van der Waals surface area (Å²) in [4.78, 5) is 11.7. The molecule has 0 fully saturated rings. The third-order valence-electron chi connectivity index (χ3n) is 2.15. The molecule has 0 unspecified atom stereocenters. The van der Waals surface area contributed by atoms with E-state index in [0.29, 0.717) is 5.56 Å². The second kappa shape index (κ2) is 3.97. The molecule has 0 saturated carbocycles. The second-order valence-corrected chi connectivity index (χ2v) is 3.12. The van der Waals surface area contributed by atoms with Crippen molar-refractivity contribution in [3.8, 4) is 11.8 Å². The monoisotopic (exact) mass is 198 g/mol. The lowest BCUT2D eigenvalue weighted by Crippen LogP contribution is -1.96. The van der Waals surface area contributed by atoms with E-state index in [9.17, 15) is 4.79 Å². The van der Waals surface area contributed by atoms with Crippen LogP contribution in [0.3, 0.4) is 0 Å². The van der Waals surface area contributed by atoms with Gasteiger partial charge < -0.3 is 0 Å². The molecule has 3 nitrogen and oxygen atoms in total. The Bertz CT molecular complexity index is 557. The highest BCUT2D eigenvalue weighted by molar-refractivity contribution is 6.03. The number of Topliss-reactive ketones (excluding diaryl/α,β-unsaturated/α-hetero) is 1. The number of hydrogen-bond acceptors (Lipinski definition) is 2. The lowest BCUT2D eigenvalue weighted by atomic mass is 10.1. The zero-order valence-electron chi connectivity index (χ0n) is 8.40. The fourth-order valence-corrected chi connectivity index (χ4v) is 1.41. The Kier molecular flexibility index (Phi) is 2.51. The molecule has 3 heteroatoms. The Hall–Kier alpha value is -2.08. The summed E-state index contributed by atoms with van der Waals surface area (Å²) in [6, 6.07) is 5.64.